The molecule has 3 heterocycles. The second kappa shape index (κ2) is 8.54. The molecule has 0 aliphatic rings. The van der Waals surface area contributed by atoms with Crippen molar-refractivity contribution in [3.63, 3.8) is 0 Å². The van der Waals surface area contributed by atoms with Crippen LogP contribution in [-0.2, 0) is 13.0 Å². The first-order chi connectivity index (χ1) is 12.3. The summed E-state index contributed by atoms with van der Waals surface area (Å²) in [6.45, 7) is 1.14. The van der Waals surface area contributed by atoms with E-state index in [2.05, 4.69) is 25.6 Å². The standard InChI is InChI=1S/C19H19N5O/c25-19(23-13-7-15-3-9-20-10-4-15)17-2-1-8-22-18(17)24-14-16-5-11-21-12-6-16/h1-6,8-12H,7,13-14H2,(H,22,24)(H,23,25). The maximum absolute atomic E-state index is 12.5. The van der Waals surface area contributed by atoms with Crippen molar-refractivity contribution in [3.8, 4) is 0 Å². The zero-order chi connectivity index (χ0) is 17.3. The Kier molecular flexibility index (Phi) is 5.66. The molecule has 0 bridgehead atoms. The Morgan fingerprint density at radius 1 is 0.880 bits per heavy atom. The van der Waals surface area contributed by atoms with Crippen LogP contribution in [0.1, 0.15) is 21.5 Å². The lowest BCUT2D eigenvalue weighted by molar-refractivity contribution is 0.0954. The van der Waals surface area contributed by atoms with Gasteiger partial charge >= 0.3 is 0 Å². The predicted octanol–water partition coefficient (Wildman–Crippen LogP) is 2.46. The number of hydrogen-bond acceptors (Lipinski definition) is 5. The van der Waals surface area contributed by atoms with Gasteiger partial charge in [0.1, 0.15) is 5.82 Å². The van der Waals surface area contributed by atoms with Crippen LogP contribution in [0.2, 0.25) is 0 Å². The number of hydrogen-bond donors (Lipinski definition) is 2. The summed E-state index contributed by atoms with van der Waals surface area (Å²) in [5, 5.41) is 6.15. The van der Waals surface area contributed by atoms with Crippen LogP contribution in [0.4, 0.5) is 5.82 Å². The minimum atomic E-state index is -0.139. The zero-order valence-corrected chi connectivity index (χ0v) is 13.7. The van der Waals surface area contributed by atoms with Crippen LogP contribution in [0.25, 0.3) is 0 Å². The molecule has 0 fully saturated rings. The quantitative estimate of drug-likeness (QED) is 0.694. The lowest BCUT2D eigenvalue weighted by Gasteiger charge is -2.11. The average molecular weight is 333 g/mol. The Bertz CT molecular complexity index is 808. The van der Waals surface area contributed by atoms with Crippen molar-refractivity contribution in [1.29, 1.82) is 0 Å². The van der Waals surface area contributed by atoms with Gasteiger partial charge in [-0.3, -0.25) is 14.8 Å². The smallest absolute Gasteiger partial charge is 0.255 e. The summed E-state index contributed by atoms with van der Waals surface area (Å²) >= 11 is 0. The van der Waals surface area contributed by atoms with Crippen molar-refractivity contribution in [2.45, 2.75) is 13.0 Å². The van der Waals surface area contributed by atoms with Crippen LogP contribution in [0.3, 0.4) is 0 Å². The van der Waals surface area contributed by atoms with E-state index in [4.69, 9.17) is 0 Å². The average Bonchev–Trinajstić information content (AvgIpc) is 2.68. The number of amides is 1. The molecule has 2 N–H and O–H groups in total. The van der Waals surface area contributed by atoms with Gasteiger partial charge < -0.3 is 10.6 Å². The first kappa shape index (κ1) is 16.6. The highest BCUT2D eigenvalue weighted by molar-refractivity contribution is 5.98. The van der Waals surface area contributed by atoms with Crippen molar-refractivity contribution in [2.75, 3.05) is 11.9 Å². The van der Waals surface area contributed by atoms with Gasteiger partial charge in [-0.05, 0) is 53.9 Å². The molecular weight excluding hydrogens is 314 g/mol. The molecule has 0 spiro atoms. The topological polar surface area (TPSA) is 79.8 Å². The molecule has 0 aliphatic heterocycles. The Morgan fingerprint density at radius 2 is 1.56 bits per heavy atom. The van der Waals surface area contributed by atoms with Gasteiger partial charge in [-0.1, -0.05) is 0 Å². The van der Waals surface area contributed by atoms with Crippen molar-refractivity contribution in [2.24, 2.45) is 0 Å². The molecule has 25 heavy (non-hydrogen) atoms. The molecule has 126 valence electrons. The fourth-order valence-corrected chi connectivity index (χ4v) is 2.38. The van der Waals surface area contributed by atoms with Crippen LogP contribution in [0.15, 0.2) is 67.4 Å². The number of nitrogens with one attached hydrogen (secondary N) is 2. The van der Waals surface area contributed by atoms with Crippen molar-refractivity contribution in [1.82, 2.24) is 20.3 Å². The SMILES string of the molecule is O=C(NCCc1ccncc1)c1cccnc1NCc1ccncc1. The van der Waals surface area contributed by atoms with Crippen LogP contribution in [0, 0.1) is 0 Å². The highest BCUT2D eigenvalue weighted by atomic mass is 16.1. The third kappa shape index (κ3) is 4.84. The summed E-state index contributed by atoms with van der Waals surface area (Å²) in [4.78, 5) is 24.7. The van der Waals surface area contributed by atoms with Crippen LogP contribution in [-0.4, -0.2) is 27.4 Å². The molecule has 0 aromatic carbocycles. The fourth-order valence-electron chi connectivity index (χ4n) is 2.38. The summed E-state index contributed by atoms with van der Waals surface area (Å²) in [7, 11) is 0. The second-order valence-corrected chi connectivity index (χ2v) is 5.47. The minimum Gasteiger partial charge on any atom is -0.365 e. The first-order valence-electron chi connectivity index (χ1n) is 8.08. The largest absolute Gasteiger partial charge is 0.365 e. The zero-order valence-electron chi connectivity index (χ0n) is 13.7. The monoisotopic (exact) mass is 333 g/mol. The van der Waals surface area contributed by atoms with E-state index in [1.54, 1.807) is 43.1 Å². The van der Waals surface area contributed by atoms with E-state index in [0.29, 0.717) is 24.5 Å². The lowest BCUT2D eigenvalue weighted by atomic mass is 10.2. The molecule has 6 nitrogen and oxygen atoms in total. The number of carbonyl (C=O) groups excluding carboxylic acids is 1. The highest BCUT2D eigenvalue weighted by Crippen LogP contribution is 2.13. The van der Waals surface area contributed by atoms with Gasteiger partial charge in [0.15, 0.2) is 0 Å². The molecule has 3 aromatic rings. The van der Waals surface area contributed by atoms with Gasteiger partial charge in [0, 0.05) is 44.1 Å². The van der Waals surface area contributed by atoms with E-state index in [1.165, 1.54) is 0 Å². The molecule has 3 rings (SSSR count). The van der Waals surface area contributed by atoms with E-state index in [1.807, 2.05) is 24.3 Å². The second-order valence-electron chi connectivity index (χ2n) is 5.47. The van der Waals surface area contributed by atoms with E-state index in [9.17, 15) is 4.79 Å². The van der Waals surface area contributed by atoms with Gasteiger partial charge in [-0.25, -0.2) is 4.98 Å². The minimum absolute atomic E-state index is 0.139. The first-order valence-corrected chi connectivity index (χ1v) is 8.08. The van der Waals surface area contributed by atoms with Crippen molar-refractivity contribution < 1.29 is 4.79 Å². The molecule has 0 saturated carbocycles. The maximum Gasteiger partial charge on any atom is 0.255 e. The van der Waals surface area contributed by atoms with Gasteiger partial charge in [0.25, 0.3) is 5.91 Å². The molecular formula is C19H19N5O. The molecule has 0 unspecified atom stereocenters. The Morgan fingerprint density at radius 3 is 2.28 bits per heavy atom. The number of anilines is 1. The van der Waals surface area contributed by atoms with E-state index < -0.39 is 0 Å². The van der Waals surface area contributed by atoms with Crippen molar-refractivity contribution >= 4 is 11.7 Å². The van der Waals surface area contributed by atoms with Gasteiger partial charge in [0.05, 0.1) is 5.56 Å². The van der Waals surface area contributed by atoms with E-state index in [0.717, 1.165) is 17.5 Å². The number of carbonyl (C=O) groups is 1. The summed E-state index contributed by atoms with van der Waals surface area (Å²) in [6.07, 6.45) is 9.40. The van der Waals surface area contributed by atoms with Gasteiger partial charge in [-0.15, -0.1) is 0 Å². The molecule has 6 heteroatoms. The van der Waals surface area contributed by atoms with Crippen LogP contribution < -0.4 is 10.6 Å². The van der Waals surface area contributed by atoms with Crippen LogP contribution in [0.5, 0.6) is 0 Å². The number of aromatic nitrogens is 3. The summed E-state index contributed by atoms with van der Waals surface area (Å²) in [5.41, 5.74) is 2.74. The third-order valence-electron chi connectivity index (χ3n) is 3.71. The predicted molar refractivity (Wildman–Crippen MR) is 96.1 cm³/mol. The fraction of sp³-hybridized carbons (Fsp3) is 0.158. The lowest BCUT2D eigenvalue weighted by Crippen LogP contribution is -2.26. The molecule has 0 aliphatic carbocycles. The Labute approximate surface area is 146 Å². The van der Waals surface area contributed by atoms with Gasteiger partial charge in [0.2, 0.25) is 0 Å². The van der Waals surface area contributed by atoms with E-state index in [-0.39, 0.29) is 5.91 Å². The molecule has 0 radical (unpaired) electrons. The summed E-state index contributed by atoms with van der Waals surface area (Å²) < 4.78 is 0. The Balaban J connectivity index is 1.58. The summed E-state index contributed by atoms with van der Waals surface area (Å²) in [5.74, 6) is 0.431. The van der Waals surface area contributed by atoms with Crippen LogP contribution >= 0.6 is 0 Å². The van der Waals surface area contributed by atoms with Gasteiger partial charge in [-0.2, -0.15) is 0 Å². The number of nitrogens with zero attached hydrogens (tertiary/aromatic N) is 3. The molecule has 0 saturated heterocycles. The molecule has 1 amide bonds. The number of rotatable bonds is 7. The molecule has 3 aromatic heterocycles. The summed E-state index contributed by atoms with van der Waals surface area (Å²) in [6, 6.07) is 11.3. The number of pyridine rings is 3. The maximum atomic E-state index is 12.5. The Hall–Kier alpha value is -3.28. The van der Waals surface area contributed by atoms with Crippen molar-refractivity contribution in [3.05, 3.63) is 84.1 Å². The third-order valence-corrected chi connectivity index (χ3v) is 3.71. The highest BCUT2D eigenvalue weighted by Gasteiger charge is 2.11. The molecule has 0 atom stereocenters. The van der Waals surface area contributed by atoms with E-state index >= 15 is 0 Å². The normalized spacial score (nSPS) is 10.2.